The maximum Gasteiger partial charge on any atom is 0.319 e. The maximum absolute atomic E-state index is 12.3. The van der Waals surface area contributed by atoms with Crippen molar-refractivity contribution < 1.29 is 19.5 Å². The van der Waals surface area contributed by atoms with Gasteiger partial charge in [0.1, 0.15) is 0 Å². The summed E-state index contributed by atoms with van der Waals surface area (Å²) in [5.41, 5.74) is 0.729. The fourth-order valence-corrected chi connectivity index (χ4v) is 1.97. The molecule has 0 fully saturated rings. The molecule has 1 rings (SSSR count). The molecule has 0 spiro atoms. The van der Waals surface area contributed by atoms with Crippen LogP contribution in [0.4, 0.5) is 10.5 Å². The summed E-state index contributed by atoms with van der Waals surface area (Å²) in [7, 11) is 1.70. The molecular formula is C16H22ClN3O4. The summed E-state index contributed by atoms with van der Waals surface area (Å²) in [6.45, 7) is 4.03. The van der Waals surface area contributed by atoms with Crippen LogP contribution in [0.5, 0.6) is 0 Å². The Morgan fingerprint density at radius 3 is 2.54 bits per heavy atom. The highest BCUT2D eigenvalue weighted by Crippen LogP contribution is 2.24. The van der Waals surface area contributed by atoms with E-state index in [2.05, 4.69) is 10.6 Å². The smallest absolute Gasteiger partial charge is 0.319 e. The summed E-state index contributed by atoms with van der Waals surface area (Å²) < 4.78 is 0. The van der Waals surface area contributed by atoms with Gasteiger partial charge in [0.15, 0.2) is 0 Å². The van der Waals surface area contributed by atoms with Crippen LogP contribution in [-0.4, -0.2) is 47.5 Å². The van der Waals surface area contributed by atoms with E-state index in [1.807, 2.05) is 13.8 Å². The largest absolute Gasteiger partial charge is 0.481 e. The van der Waals surface area contributed by atoms with E-state index in [-0.39, 0.29) is 24.9 Å². The van der Waals surface area contributed by atoms with Crippen LogP contribution < -0.4 is 10.6 Å². The van der Waals surface area contributed by atoms with Gasteiger partial charge < -0.3 is 20.6 Å². The molecule has 7 nitrogen and oxygen atoms in total. The highest BCUT2D eigenvalue weighted by Gasteiger charge is 2.16. The van der Waals surface area contributed by atoms with E-state index in [9.17, 15) is 14.4 Å². The van der Waals surface area contributed by atoms with E-state index < -0.39 is 12.0 Å². The first kappa shape index (κ1) is 19.8. The number of carbonyl (C=O) groups excluding carboxylic acids is 2. The Kier molecular flexibility index (Phi) is 7.51. The Hall–Kier alpha value is -2.28. The number of rotatable bonds is 7. The van der Waals surface area contributed by atoms with Gasteiger partial charge in [0, 0.05) is 31.6 Å². The topological polar surface area (TPSA) is 98.7 Å². The van der Waals surface area contributed by atoms with Crippen molar-refractivity contribution in [3.05, 3.63) is 28.8 Å². The normalized spacial score (nSPS) is 10.4. The molecule has 3 N–H and O–H groups in total. The molecule has 0 aliphatic rings. The van der Waals surface area contributed by atoms with E-state index in [4.69, 9.17) is 16.7 Å². The molecule has 0 aliphatic carbocycles. The number of urea groups is 1. The highest BCUT2D eigenvalue weighted by molar-refractivity contribution is 6.33. The van der Waals surface area contributed by atoms with Gasteiger partial charge in [0.2, 0.25) is 0 Å². The van der Waals surface area contributed by atoms with Crippen LogP contribution in [-0.2, 0) is 4.79 Å². The number of aliphatic carboxylic acids is 1. The SMILES string of the molecule is CC(C)N(C)C(=O)c1ccc(Cl)c(NC(=O)NCCCC(=O)O)c1. The number of hydrogen-bond donors (Lipinski definition) is 3. The number of amides is 3. The van der Waals surface area contributed by atoms with Crippen LogP contribution in [0.15, 0.2) is 18.2 Å². The Labute approximate surface area is 146 Å². The molecule has 0 heterocycles. The van der Waals surface area contributed by atoms with E-state index >= 15 is 0 Å². The molecule has 1 aromatic rings. The Morgan fingerprint density at radius 1 is 1.29 bits per heavy atom. The molecule has 0 atom stereocenters. The average molecular weight is 356 g/mol. The van der Waals surface area contributed by atoms with Crippen molar-refractivity contribution in [1.82, 2.24) is 10.2 Å². The quantitative estimate of drug-likeness (QED) is 0.655. The van der Waals surface area contributed by atoms with E-state index in [0.717, 1.165) is 0 Å². The van der Waals surface area contributed by atoms with Gasteiger partial charge in [-0.25, -0.2) is 4.79 Å². The van der Waals surface area contributed by atoms with Crippen molar-refractivity contribution >= 4 is 35.2 Å². The first-order valence-electron chi connectivity index (χ1n) is 7.55. The molecule has 1 aromatic carbocycles. The van der Waals surface area contributed by atoms with Gasteiger partial charge in [0.05, 0.1) is 10.7 Å². The lowest BCUT2D eigenvalue weighted by Gasteiger charge is -2.22. The number of nitrogens with zero attached hydrogens (tertiary/aromatic N) is 1. The summed E-state index contributed by atoms with van der Waals surface area (Å²) >= 11 is 6.04. The fourth-order valence-electron chi connectivity index (χ4n) is 1.80. The van der Waals surface area contributed by atoms with Crippen molar-refractivity contribution in [2.75, 3.05) is 18.9 Å². The first-order chi connectivity index (χ1) is 11.2. The van der Waals surface area contributed by atoms with Crippen molar-refractivity contribution in [2.24, 2.45) is 0 Å². The maximum atomic E-state index is 12.3. The molecule has 0 aromatic heterocycles. The van der Waals surface area contributed by atoms with Gasteiger partial charge in [-0.1, -0.05) is 11.6 Å². The minimum absolute atomic E-state index is 0.0213. The number of anilines is 1. The Balaban J connectivity index is 2.71. The summed E-state index contributed by atoms with van der Waals surface area (Å²) in [6.07, 6.45) is 0.306. The zero-order valence-electron chi connectivity index (χ0n) is 13.9. The second-order valence-corrected chi connectivity index (χ2v) is 5.99. The van der Waals surface area contributed by atoms with E-state index in [1.54, 1.807) is 24.1 Å². The molecule has 3 amide bonds. The molecule has 24 heavy (non-hydrogen) atoms. The van der Waals surface area contributed by atoms with E-state index in [1.165, 1.54) is 6.07 Å². The highest BCUT2D eigenvalue weighted by atomic mass is 35.5. The summed E-state index contributed by atoms with van der Waals surface area (Å²) in [5.74, 6) is -1.09. The van der Waals surface area contributed by atoms with Crippen LogP contribution in [0.25, 0.3) is 0 Å². The van der Waals surface area contributed by atoms with Crippen LogP contribution in [0.2, 0.25) is 5.02 Å². The number of nitrogens with one attached hydrogen (secondary N) is 2. The lowest BCUT2D eigenvalue weighted by molar-refractivity contribution is -0.137. The molecular weight excluding hydrogens is 334 g/mol. The average Bonchev–Trinajstić information content (AvgIpc) is 2.52. The number of carbonyl (C=O) groups is 3. The van der Waals surface area contributed by atoms with Gasteiger partial charge in [-0.2, -0.15) is 0 Å². The van der Waals surface area contributed by atoms with E-state index in [0.29, 0.717) is 22.7 Å². The molecule has 0 saturated carbocycles. The van der Waals surface area contributed by atoms with Crippen molar-refractivity contribution in [3.8, 4) is 0 Å². The molecule has 0 bridgehead atoms. The second-order valence-electron chi connectivity index (χ2n) is 5.58. The lowest BCUT2D eigenvalue weighted by atomic mass is 10.1. The third-order valence-electron chi connectivity index (χ3n) is 3.41. The van der Waals surface area contributed by atoms with Crippen LogP contribution in [0.3, 0.4) is 0 Å². The predicted molar refractivity (Wildman–Crippen MR) is 92.6 cm³/mol. The fraction of sp³-hybridized carbons (Fsp3) is 0.438. The van der Waals surface area contributed by atoms with Crippen LogP contribution in [0.1, 0.15) is 37.0 Å². The van der Waals surface area contributed by atoms with Gasteiger partial charge in [-0.3, -0.25) is 9.59 Å². The zero-order chi connectivity index (χ0) is 18.3. The van der Waals surface area contributed by atoms with Gasteiger partial charge in [-0.05, 0) is 38.5 Å². The minimum atomic E-state index is -0.916. The van der Waals surface area contributed by atoms with Gasteiger partial charge >= 0.3 is 12.0 Å². The zero-order valence-corrected chi connectivity index (χ0v) is 14.7. The molecule has 0 saturated heterocycles. The van der Waals surface area contributed by atoms with Crippen molar-refractivity contribution in [3.63, 3.8) is 0 Å². The van der Waals surface area contributed by atoms with Crippen molar-refractivity contribution in [1.29, 1.82) is 0 Å². The van der Waals surface area contributed by atoms with Gasteiger partial charge in [0.25, 0.3) is 5.91 Å². The minimum Gasteiger partial charge on any atom is -0.481 e. The Morgan fingerprint density at radius 2 is 1.96 bits per heavy atom. The summed E-state index contributed by atoms with van der Waals surface area (Å²) in [4.78, 5) is 36.1. The van der Waals surface area contributed by atoms with Crippen LogP contribution >= 0.6 is 11.6 Å². The molecule has 0 unspecified atom stereocenters. The molecule has 0 aliphatic heterocycles. The number of hydrogen-bond acceptors (Lipinski definition) is 3. The molecule has 0 radical (unpaired) electrons. The Bertz CT molecular complexity index is 619. The van der Waals surface area contributed by atoms with Crippen molar-refractivity contribution in [2.45, 2.75) is 32.7 Å². The number of halogens is 1. The first-order valence-corrected chi connectivity index (χ1v) is 7.93. The number of carboxylic acids is 1. The predicted octanol–water partition coefficient (Wildman–Crippen LogP) is 2.81. The third kappa shape index (κ3) is 6.08. The lowest BCUT2D eigenvalue weighted by Crippen LogP contribution is -2.33. The molecule has 132 valence electrons. The van der Waals surface area contributed by atoms with Crippen LogP contribution in [0, 0.1) is 0 Å². The number of carboxylic acid groups (broad SMARTS) is 1. The summed E-state index contributed by atoms with van der Waals surface area (Å²) in [5, 5.41) is 13.9. The number of benzene rings is 1. The molecule has 8 heteroatoms. The monoisotopic (exact) mass is 355 g/mol. The third-order valence-corrected chi connectivity index (χ3v) is 3.74. The van der Waals surface area contributed by atoms with Gasteiger partial charge in [-0.15, -0.1) is 0 Å². The standard InChI is InChI=1S/C16H22ClN3O4/c1-10(2)20(3)15(23)11-6-7-12(17)13(9-11)19-16(24)18-8-4-5-14(21)22/h6-7,9-10H,4-5,8H2,1-3H3,(H,21,22)(H2,18,19,24). The second kappa shape index (κ2) is 9.12. The summed E-state index contributed by atoms with van der Waals surface area (Å²) in [6, 6.07) is 4.19.